The van der Waals surface area contributed by atoms with Crippen molar-refractivity contribution in [2.75, 3.05) is 0 Å². The second-order valence-corrected chi connectivity index (χ2v) is 4.48. The molecule has 18 heavy (non-hydrogen) atoms. The number of hydrogen-bond acceptors (Lipinski definition) is 2. The molecule has 3 heteroatoms. The standard InChI is InChI=1S/C15H16ClNO/c1-2-11-3-6-13(7-4-11)18-15-8-5-12(10-17)9-14(15)16/h3-9H,2,10,17H2,1H3. The highest BCUT2D eigenvalue weighted by Crippen LogP contribution is 2.30. The van der Waals surface area contributed by atoms with Crippen LogP contribution in [0.25, 0.3) is 0 Å². The zero-order valence-electron chi connectivity index (χ0n) is 10.3. The Hall–Kier alpha value is -1.51. The Morgan fingerprint density at radius 1 is 1.06 bits per heavy atom. The summed E-state index contributed by atoms with van der Waals surface area (Å²) < 4.78 is 5.74. The van der Waals surface area contributed by atoms with E-state index in [2.05, 4.69) is 19.1 Å². The van der Waals surface area contributed by atoms with Crippen molar-refractivity contribution < 1.29 is 4.74 Å². The number of halogens is 1. The van der Waals surface area contributed by atoms with Crippen molar-refractivity contribution in [2.24, 2.45) is 5.73 Å². The fourth-order valence-electron chi connectivity index (χ4n) is 1.67. The molecular formula is C15H16ClNO. The summed E-state index contributed by atoms with van der Waals surface area (Å²) in [6.07, 6.45) is 1.02. The summed E-state index contributed by atoms with van der Waals surface area (Å²) in [4.78, 5) is 0. The Balaban J connectivity index is 2.17. The van der Waals surface area contributed by atoms with Gasteiger partial charge in [-0.25, -0.2) is 0 Å². The van der Waals surface area contributed by atoms with Gasteiger partial charge in [-0.1, -0.05) is 36.7 Å². The van der Waals surface area contributed by atoms with Crippen LogP contribution in [0.4, 0.5) is 0 Å². The molecular weight excluding hydrogens is 246 g/mol. The third-order valence-electron chi connectivity index (χ3n) is 2.79. The molecule has 2 N–H and O–H groups in total. The van der Waals surface area contributed by atoms with E-state index in [1.807, 2.05) is 30.3 Å². The monoisotopic (exact) mass is 261 g/mol. The van der Waals surface area contributed by atoms with Gasteiger partial charge in [0.15, 0.2) is 0 Å². The summed E-state index contributed by atoms with van der Waals surface area (Å²) in [6.45, 7) is 2.60. The van der Waals surface area contributed by atoms with Gasteiger partial charge in [0.2, 0.25) is 0 Å². The van der Waals surface area contributed by atoms with Crippen molar-refractivity contribution in [1.29, 1.82) is 0 Å². The largest absolute Gasteiger partial charge is 0.456 e. The molecule has 2 aromatic rings. The van der Waals surface area contributed by atoms with Gasteiger partial charge >= 0.3 is 0 Å². The van der Waals surface area contributed by atoms with E-state index >= 15 is 0 Å². The van der Waals surface area contributed by atoms with Crippen LogP contribution >= 0.6 is 11.6 Å². The van der Waals surface area contributed by atoms with Gasteiger partial charge in [-0.2, -0.15) is 0 Å². The van der Waals surface area contributed by atoms with Crippen LogP contribution in [0.3, 0.4) is 0 Å². The summed E-state index contributed by atoms with van der Waals surface area (Å²) in [5.74, 6) is 1.44. The average Bonchev–Trinajstić information content (AvgIpc) is 2.42. The molecule has 0 radical (unpaired) electrons. The second kappa shape index (κ2) is 5.89. The molecule has 2 nitrogen and oxygen atoms in total. The van der Waals surface area contributed by atoms with Crippen LogP contribution < -0.4 is 10.5 Å². The first-order valence-electron chi connectivity index (χ1n) is 5.98. The van der Waals surface area contributed by atoms with Crippen LogP contribution in [0.5, 0.6) is 11.5 Å². The molecule has 0 unspecified atom stereocenters. The predicted octanol–water partition coefficient (Wildman–Crippen LogP) is 4.15. The van der Waals surface area contributed by atoms with Crippen molar-refractivity contribution in [1.82, 2.24) is 0 Å². The van der Waals surface area contributed by atoms with Crippen molar-refractivity contribution in [3.8, 4) is 11.5 Å². The summed E-state index contributed by atoms with van der Waals surface area (Å²) in [5.41, 5.74) is 7.83. The molecule has 2 rings (SSSR count). The van der Waals surface area contributed by atoms with Gasteiger partial charge in [0.25, 0.3) is 0 Å². The number of hydrogen-bond donors (Lipinski definition) is 1. The van der Waals surface area contributed by atoms with E-state index in [1.54, 1.807) is 0 Å². The maximum atomic E-state index is 6.14. The molecule has 0 saturated heterocycles. The van der Waals surface area contributed by atoms with Crippen molar-refractivity contribution in [3.05, 3.63) is 58.6 Å². The Labute approximate surface area is 112 Å². The van der Waals surface area contributed by atoms with Gasteiger partial charge in [-0.3, -0.25) is 0 Å². The minimum atomic E-state index is 0.477. The smallest absolute Gasteiger partial charge is 0.146 e. The van der Waals surface area contributed by atoms with E-state index < -0.39 is 0 Å². The van der Waals surface area contributed by atoms with Gasteiger partial charge < -0.3 is 10.5 Å². The molecule has 0 spiro atoms. The first kappa shape index (κ1) is 12.9. The van der Waals surface area contributed by atoms with E-state index in [9.17, 15) is 0 Å². The molecule has 0 heterocycles. The van der Waals surface area contributed by atoms with Crippen LogP contribution in [-0.4, -0.2) is 0 Å². The van der Waals surface area contributed by atoms with Crippen LogP contribution in [0.2, 0.25) is 5.02 Å². The first-order chi connectivity index (χ1) is 8.72. The fourth-order valence-corrected chi connectivity index (χ4v) is 1.92. The lowest BCUT2D eigenvalue weighted by Crippen LogP contribution is -1.96. The Morgan fingerprint density at radius 3 is 2.28 bits per heavy atom. The SMILES string of the molecule is CCc1ccc(Oc2ccc(CN)cc2Cl)cc1. The first-order valence-corrected chi connectivity index (χ1v) is 6.36. The van der Waals surface area contributed by atoms with Gasteiger partial charge in [-0.15, -0.1) is 0 Å². The van der Waals surface area contributed by atoms with Crippen LogP contribution in [0.1, 0.15) is 18.1 Å². The molecule has 0 aliphatic heterocycles. The van der Waals surface area contributed by atoms with Crippen LogP contribution in [-0.2, 0) is 13.0 Å². The maximum absolute atomic E-state index is 6.14. The number of rotatable bonds is 4. The third-order valence-corrected chi connectivity index (χ3v) is 3.09. The van der Waals surface area contributed by atoms with Gasteiger partial charge in [0.1, 0.15) is 11.5 Å². The average molecular weight is 262 g/mol. The van der Waals surface area contributed by atoms with E-state index in [-0.39, 0.29) is 0 Å². The van der Waals surface area contributed by atoms with Crippen molar-refractivity contribution in [2.45, 2.75) is 19.9 Å². The van der Waals surface area contributed by atoms with E-state index in [1.165, 1.54) is 5.56 Å². The second-order valence-electron chi connectivity index (χ2n) is 4.07. The highest BCUT2D eigenvalue weighted by atomic mass is 35.5. The molecule has 0 atom stereocenters. The lowest BCUT2D eigenvalue weighted by Gasteiger charge is -2.09. The number of aryl methyl sites for hydroxylation is 1. The predicted molar refractivity (Wildman–Crippen MR) is 75.2 cm³/mol. The summed E-state index contributed by atoms with van der Waals surface area (Å²) in [5, 5.41) is 0.581. The van der Waals surface area contributed by atoms with E-state index in [0.29, 0.717) is 17.3 Å². The topological polar surface area (TPSA) is 35.2 Å². The highest BCUT2D eigenvalue weighted by Gasteiger charge is 2.04. The number of benzene rings is 2. The summed E-state index contributed by atoms with van der Waals surface area (Å²) >= 11 is 6.14. The highest BCUT2D eigenvalue weighted by molar-refractivity contribution is 6.32. The normalized spacial score (nSPS) is 10.4. The molecule has 0 aliphatic carbocycles. The number of ether oxygens (including phenoxy) is 1. The molecule has 94 valence electrons. The van der Waals surface area contributed by atoms with Crippen molar-refractivity contribution in [3.63, 3.8) is 0 Å². The molecule has 0 bridgehead atoms. The zero-order chi connectivity index (χ0) is 13.0. The minimum absolute atomic E-state index is 0.477. The lowest BCUT2D eigenvalue weighted by atomic mass is 10.2. The van der Waals surface area contributed by atoms with Crippen LogP contribution in [0.15, 0.2) is 42.5 Å². The van der Waals surface area contributed by atoms with E-state index in [4.69, 9.17) is 22.1 Å². The van der Waals surface area contributed by atoms with Crippen molar-refractivity contribution >= 4 is 11.6 Å². The zero-order valence-corrected chi connectivity index (χ0v) is 11.1. The molecule has 2 aromatic carbocycles. The van der Waals surface area contributed by atoms with Gasteiger partial charge in [0, 0.05) is 6.54 Å². The maximum Gasteiger partial charge on any atom is 0.146 e. The molecule has 0 amide bonds. The lowest BCUT2D eigenvalue weighted by molar-refractivity contribution is 0.482. The quantitative estimate of drug-likeness (QED) is 0.897. The number of nitrogens with two attached hydrogens (primary N) is 1. The molecule has 0 aromatic heterocycles. The van der Waals surface area contributed by atoms with Crippen LogP contribution in [0, 0.1) is 0 Å². The third kappa shape index (κ3) is 3.03. The Bertz CT molecular complexity index is 523. The minimum Gasteiger partial charge on any atom is -0.456 e. The van der Waals surface area contributed by atoms with E-state index in [0.717, 1.165) is 17.7 Å². The van der Waals surface area contributed by atoms with Gasteiger partial charge in [0.05, 0.1) is 5.02 Å². The summed E-state index contributed by atoms with van der Waals surface area (Å²) in [6, 6.07) is 13.6. The molecule has 0 aliphatic rings. The fraction of sp³-hybridized carbons (Fsp3) is 0.200. The van der Waals surface area contributed by atoms with Gasteiger partial charge in [-0.05, 0) is 41.8 Å². The molecule has 0 fully saturated rings. The summed E-state index contributed by atoms with van der Waals surface area (Å²) in [7, 11) is 0. The Kier molecular flexibility index (Phi) is 4.24. The molecule has 0 saturated carbocycles. The Morgan fingerprint density at radius 2 is 1.72 bits per heavy atom.